The molecule has 0 aromatic rings. The maximum absolute atomic E-state index is 11.8. The third-order valence-corrected chi connectivity index (χ3v) is 4.50. The number of carbonyl (C=O) groups is 1. The van der Waals surface area contributed by atoms with Crippen LogP contribution in [-0.4, -0.2) is 44.1 Å². The second kappa shape index (κ2) is 6.16. The zero-order chi connectivity index (χ0) is 12.9. The summed E-state index contributed by atoms with van der Waals surface area (Å²) in [6.07, 6.45) is 2.75. The van der Waals surface area contributed by atoms with Crippen LogP contribution in [0.25, 0.3) is 0 Å². The molecule has 1 atom stereocenters. The number of nitrogens with zero attached hydrogens (tertiary/aromatic N) is 1. The average molecular weight is 261 g/mol. The van der Waals surface area contributed by atoms with Gasteiger partial charge in [0.15, 0.2) is 0 Å². The van der Waals surface area contributed by atoms with Crippen LogP contribution in [0, 0.1) is 5.92 Å². The van der Waals surface area contributed by atoms with Crippen molar-refractivity contribution in [3.8, 4) is 0 Å². The van der Waals surface area contributed by atoms with E-state index < -0.39 is 10.0 Å². The molecule has 0 radical (unpaired) electrons. The van der Waals surface area contributed by atoms with Crippen LogP contribution in [0.1, 0.15) is 19.8 Å². The van der Waals surface area contributed by atoms with Crippen LogP contribution in [0.15, 0.2) is 12.7 Å². The smallest absolute Gasteiger partial charge is 0.310 e. The molecule has 1 rings (SSSR count). The molecule has 1 unspecified atom stereocenters. The number of piperidine rings is 1. The molecular weight excluding hydrogens is 242 g/mol. The quantitative estimate of drug-likeness (QED) is 0.542. The van der Waals surface area contributed by atoms with Gasteiger partial charge in [0.05, 0.1) is 18.3 Å². The first-order valence-electron chi connectivity index (χ1n) is 5.76. The molecule has 1 fully saturated rings. The number of sulfonamides is 1. The van der Waals surface area contributed by atoms with E-state index in [9.17, 15) is 13.2 Å². The van der Waals surface area contributed by atoms with E-state index in [2.05, 4.69) is 6.58 Å². The van der Waals surface area contributed by atoms with Gasteiger partial charge in [0.1, 0.15) is 0 Å². The molecule has 0 N–H and O–H groups in total. The number of ether oxygens (including phenoxy) is 1. The minimum atomic E-state index is -3.31. The number of hydrogen-bond acceptors (Lipinski definition) is 4. The average Bonchev–Trinajstić information content (AvgIpc) is 2.29. The van der Waals surface area contributed by atoms with Crippen molar-refractivity contribution in [3.63, 3.8) is 0 Å². The SMILES string of the molecule is C=CCS(=O)(=O)N1CCCC(C(=O)OCC)C1. The molecule has 0 bridgehead atoms. The van der Waals surface area contributed by atoms with Crippen molar-refractivity contribution in [3.05, 3.63) is 12.7 Å². The molecule has 0 spiro atoms. The van der Waals surface area contributed by atoms with E-state index in [4.69, 9.17) is 4.74 Å². The lowest BCUT2D eigenvalue weighted by atomic mass is 10.0. The van der Waals surface area contributed by atoms with Crippen LogP contribution in [0.3, 0.4) is 0 Å². The lowest BCUT2D eigenvalue weighted by Gasteiger charge is -2.30. The van der Waals surface area contributed by atoms with Gasteiger partial charge in [-0.2, -0.15) is 0 Å². The highest BCUT2D eigenvalue weighted by Gasteiger charge is 2.32. The van der Waals surface area contributed by atoms with Crippen molar-refractivity contribution in [2.75, 3.05) is 25.4 Å². The minimum absolute atomic E-state index is 0.0808. The fourth-order valence-electron chi connectivity index (χ4n) is 1.90. The summed E-state index contributed by atoms with van der Waals surface area (Å²) < 4.78 is 29.9. The third-order valence-electron chi connectivity index (χ3n) is 2.73. The summed E-state index contributed by atoms with van der Waals surface area (Å²) in [6.45, 7) is 6.21. The fourth-order valence-corrected chi connectivity index (χ4v) is 3.22. The largest absolute Gasteiger partial charge is 0.466 e. The summed E-state index contributed by atoms with van der Waals surface area (Å²) in [5.74, 6) is -0.711. The number of carbonyl (C=O) groups excluding carboxylic acids is 1. The molecule has 0 saturated carbocycles. The van der Waals surface area contributed by atoms with Gasteiger partial charge in [-0.1, -0.05) is 6.08 Å². The molecule has 17 heavy (non-hydrogen) atoms. The van der Waals surface area contributed by atoms with E-state index in [1.165, 1.54) is 10.4 Å². The van der Waals surface area contributed by atoms with Crippen LogP contribution in [0.5, 0.6) is 0 Å². The Balaban J connectivity index is 2.66. The highest BCUT2D eigenvalue weighted by atomic mass is 32.2. The molecule has 1 saturated heterocycles. The maximum atomic E-state index is 11.8. The van der Waals surface area contributed by atoms with Gasteiger partial charge in [0, 0.05) is 13.1 Å². The monoisotopic (exact) mass is 261 g/mol. The molecule has 0 aliphatic carbocycles. The van der Waals surface area contributed by atoms with E-state index >= 15 is 0 Å². The summed E-state index contributed by atoms with van der Waals surface area (Å²) in [5, 5.41) is 0. The van der Waals surface area contributed by atoms with Crippen molar-refractivity contribution in [2.24, 2.45) is 5.92 Å². The van der Waals surface area contributed by atoms with Crippen LogP contribution in [0.2, 0.25) is 0 Å². The predicted octanol–water partition coefficient (Wildman–Crippen LogP) is 0.777. The number of hydrogen-bond donors (Lipinski definition) is 0. The Hall–Kier alpha value is -0.880. The topological polar surface area (TPSA) is 63.7 Å². The summed E-state index contributed by atoms with van der Waals surface area (Å²) in [6, 6.07) is 0. The Kier molecular flexibility index (Phi) is 5.14. The zero-order valence-corrected chi connectivity index (χ0v) is 10.9. The van der Waals surface area contributed by atoms with Gasteiger partial charge in [0.2, 0.25) is 10.0 Å². The van der Waals surface area contributed by atoms with Crippen LogP contribution in [-0.2, 0) is 19.6 Å². The molecule has 0 amide bonds. The molecule has 0 aromatic carbocycles. The van der Waals surface area contributed by atoms with Crippen LogP contribution in [0.4, 0.5) is 0 Å². The first kappa shape index (κ1) is 14.2. The second-order valence-electron chi connectivity index (χ2n) is 4.02. The molecule has 98 valence electrons. The standard InChI is InChI=1S/C11H19NO4S/c1-3-8-17(14,15)12-7-5-6-10(9-12)11(13)16-4-2/h3,10H,1,4-9H2,2H3. The zero-order valence-electron chi connectivity index (χ0n) is 10.1. The van der Waals surface area contributed by atoms with Gasteiger partial charge in [-0.3, -0.25) is 4.79 Å². The summed E-state index contributed by atoms with van der Waals surface area (Å²) in [4.78, 5) is 11.6. The highest BCUT2D eigenvalue weighted by Crippen LogP contribution is 2.20. The van der Waals surface area contributed by atoms with Crippen molar-refractivity contribution >= 4 is 16.0 Å². The molecule has 5 nitrogen and oxygen atoms in total. The van der Waals surface area contributed by atoms with Crippen molar-refractivity contribution < 1.29 is 17.9 Å². The number of rotatable bonds is 5. The van der Waals surface area contributed by atoms with Crippen LogP contribution >= 0.6 is 0 Å². The first-order chi connectivity index (χ1) is 8.01. The van der Waals surface area contributed by atoms with Gasteiger partial charge in [-0.05, 0) is 19.8 Å². The van der Waals surface area contributed by atoms with Gasteiger partial charge >= 0.3 is 5.97 Å². The van der Waals surface area contributed by atoms with E-state index in [0.29, 0.717) is 26.0 Å². The van der Waals surface area contributed by atoms with Crippen LogP contribution < -0.4 is 0 Å². The Morgan fingerprint density at radius 2 is 2.29 bits per heavy atom. The Morgan fingerprint density at radius 1 is 1.59 bits per heavy atom. The molecule has 0 aromatic heterocycles. The highest BCUT2D eigenvalue weighted by molar-refractivity contribution is 7.89. The van der Waals surface area contributed by atoms with Gasteiger partial charge in [-0.25, -0.2) is 12.7 Å². The Labute approximate surface area is 102 Å². The summed E-state index contributed by atoms with van der Waals surface area (Å²) in [7, 11) is -3.31. The number of esters is 1. The summed E-state index contributed by atoms with van der Waals surface area (Å²) in [5.41, 5.74) is 0. The Bertz CT molecular complexity index is 377. The molecular formula is C11H19NO4S. The lowest BCUT2D eigenvalue weighted by molar-refractivity contribution is -0.149. The minimum Gasteiger partial charge on any atom is -0.466 e. The van der Waals surface area contributed by atoms with E-state index in [1.54, 1.807) is 6.92 Å². The van der Waals surface area contributed by atoms with E-state index in [-0.39, 0.29) is 24.2 Å². The maximum Gasteiger partial charge on any atom is 0.310 e. The van der Waals surface area contributed by atoms with Crippen molar-refractivity contribution in [2.45, 2.75) is 19.8 Å². The van der Waals surface area contributed by atoms with Crippen molar-refractivity contribution in [1.29, 1.82) is 0 Å². The molecule has 1 aliphatic rings. The van der Waals surface area contributed by atoms with Gasteiger partial charge < -0.3 is 4.74 Å². The van der Waals surface area contributed by atoms with Gasteiger partial charge in [0.25, 0.3) is 0 Å². The molecule has 6 heteroatoms. The van der Waals surface area contributed by atoms with Gasteiger partial charge in [-0.15, -0.1) is 6.58 Å². The predicted molar refractivity (Wildman–Crippen MR) is 64.9 cm³/mol. The Morgan fingerprint density at radius 3 is 2.88 bits per heavy atom. The second-order valence-corrected chi connectivity index (χ2v) is 6.03. The third kappa shape index (κ3) is 3.81. The molecule has 1 heterocycles. The fraction of sp³-hybridized carbons (Fsp3) is 0.727. The van der Waals surface area contributed by atoms with E-state index in [0.717, 1.165) is 0 Å². The normalized spacial score (nSPS) is 22.1. The first-order valence-corrected chi connectivity index (χ1v) is 7.37. The summed E-state index contributed by atoms with van der Waals surface area (Å²) >= 11 is 0. The van der Waals surface area contributed by atoms with Crippen molar-refractivity contribution in [1.82, 2.24) is 4.31 Å². The lowest BCUT2D eigenvalue weighted by Crippen LogP contribution is -2.43. The van der Waals surface area contributed by atoms with E-state index in [1.807, 2.05) is 0 Å². The molecule has 1 aliphatic heterocycles.